The number of nitrogens with one attached hydrogen (secondary N) is 1. The van der Waals surface area contributed by atoms with Crippen LogP contribution in [0.5, 0.6) is 0 Å². The van der Waals surface area contributed by atoms with Crippen LogP contribution in [-0.4, -0.2) is 39.6 Å². The molecule has 6 nitrogen and oxygen atoms in total. The first-order valence-electron chi connectivity index (χ1n) is 9.33. The molecule has 136 valence electrons. The summed E-state index contributed by atoms with van der Waals surface area (Å²) in [4.78, 5) is 27.0. The molecule has 0 atom stereocenters. The van der Waals surface area contributed by atoms with Crippen molar-refractivity contribution < 1.29 is 9.59 Å². The van der Waals surface area contributed by atoms with E-state index in [2.05, 4.69) is 10.4 Å². The maximum absolute atomic E-state index is 12.7. The minimum atomic E-state index is -0.135. The molecule has 2 aliphatic rings. The molecule has 1 aliphatic heterocycles. The molecule has 0 bridgehead atoms. The lowest BCUT2D eigenvalue weighted by Gasteiger charge is -2.18. The van der Waals surface area contributed by atoms with Gasteiger partial charge in [0.2, 0.25) is 5.91 Å². The van der Waals surface area contributed by atoms with Gasteiger partial charge in [0.05, 0.1) is 6.20 Å². The molecular weight excluding hydrogens is 328 g/mol. The van der Waals surface area contributed by atoms with E-state index in [1.54, 1.807) is 4.68 Å². The molecule has 26 heavy (non-hydrogen) atoms. The number of benzene rings is 1. The van der Waals surface area contributed by atoms with Crippen molar-refractivity contribution in [3.8, 4) is 0 Å². The molecule has 2 fully saturated rings. The monoisotopic (exact) mass is 352 g/mol. The molecule has 6 heteroatoms. The fourth-order valence-electron chi connectivity index (χ4n) is 3.52. The number of hydrogen-bond acceptors (Lipinski definition) is 3. The molecule has 1 N–H and O–H groups in total. The number of likely N-dealkylation sites (tertiary alicyclic amines) is 1. The van der Waals surface area contributed by atoms with Gasteiger partial charge in [0, 0.05) is 30.5 Å². The average Bonchev–Trinajstić information content (AvgIpc) is 3.14. The summed E-state index contributed by atoms with van der Waals surface area (Å²) in [5.74, 6) is 0.545. The molecule has 2 amide bonds. The van der Waals surface area contributed by atoms with Crippen molar-refractivity contribution in [2.24, 2.45) is 0 Å². The summed E-state index contributed by atoms with van der Waals surface area (Å²) < 4.78 is 1.68. The largest absolute Gasteiger partial charge is 0.339 e. The van der Waals surface area contributed by atoms with Crippen LogP contribution in [0.4, 0.5) is 5.69 Å². The Morgan fingerprint density at radius 1 is 1.23 bits per heavy atom. The number of anilines is 1. The Morgan fingerprint density at radius 3 is 2.73 bits per heavy atom. The van der Waals surface area contributed by atoms with Crippen molar-refractivity contribution >= 4 is 17.5 Å². The predicted molar refractivity (Wildman–Crippen MR) is 99.1 cm³/mol. The van der Waals surface area contributed by atoms with E-state index in [0.717, 1.165) is 31.5 Å². The Hall–Kier alpha value is -2.63. The number of nitrogens with zero attached hydrogens (tertiary/aromatic N) is 3. The lowest BCUT2D eigenvalue weighted by Crippen LogP contribution is -2.28. The second-order valence-corrected chi connectivity index (χ2v) is 7.27. The highest BCUT2D eigenvalue weighted by Crippen LogP contribution is 2.39. The zero-order chi connectivity index (χ0) is 18.1. The normalized spacial score (nSPS) is 16.7. The number of carbonyl (C=O) groups is 2. The molecule has 1 saturated heterocycles. The van der Waals surface area contributed by atoms with Gasteiger partial charge >= 0.3 is 0 Å². The zero-order valence-electron chi connectivity index (χ0n) is 15.1. The zero-order valence-corrected chi connectivity index (χ0v) is 15.1. The lowest BCUT2D eigenvalue weighted by atomic mass is 10.1. The third-order valence-corrected chi connectivity index (χ3v) is 5.24. The number of carbonyl (C=O) groups excluding carboxylic acids is 2. The number of amides is 2. The van der Waals surface area contributed by atoms with E-state index >= 15 is 0 Å². The van der Waals surface area contributed by atoms with E-state index < -0.39 is 0 Å². The summed E-state index contributed by atoms with van der Waals surface area (Å²) in [6, 6.07) is 5.50. The second kappa shape index (κ2) is 6.94. The summed E-state index contributed by atoms with van der Waals surface area (Å²) in [6.45, 7) is 3.70. The Balaban J connectivity index is 1.44. The molecule has 1 aliphatic carbocycles. The summed E-state index contributed by atoms with van der Waals surface area (Å²) in [5.41, 5.74) is 3.39. The quantitative estimate of drug-likeness (QED) is 0.900. The molecule has 1 saturated carbocycles. The van der Waals surface area contributed by atoms with Gasteiger partial charge < -0.3 is 10.2 Å². The van der Waals surface area contributed by atoms with Crippen molar-refractivity contribution in [3.05, 3.63) is 47.3 Å². The SMILES string of the molecule is Cc1c(NC(=O)Cn2cc(C3CC3)cn2)cccc1C(=O)N1CCCC1. The van der Waals surface area contributed by atoms with Gasteiger partial charge in [0.1, 0.15) is 6.54 Å². The van der Waals surface area contributed by atoms with Gasteiger partial charge in [-0.05, 0) is 61.8 Å². The molecule has 4 rings (SSSR count). The molecule has 1 aromatic heterocycles. The Bertz CT molecular complexity index is 832. The van der Waals surface area contributed by atoms with Gasteiger partial charge in [-0.15, -0.1) is 0 Å². The molecule has 0 radical (unpaired) electrons. The maximum atomic E-state index is 12.7. The smallest absolute Gasteiger partial charge is 0.254 e. The topological polar surface area (TPSA) is 67.2 Å². The number of aromatic nitrogens is 2. The second-order valence-electron chi connectivity index (χ2n) is 7.27. The van der Waals surface area contributed by atoms with Gasteiger partial charge in [-0.1, -0.05) is 6.07 Å². The van der Waals surface area contributed by atoms with Crippen LogP contribution in [0, 0.1) is 6.92 Å². The maximum Gasteiger partial charge on any atom is 0.254 e. The van der Waals surface area contributed by atoms with Crippen LogP contribution < -0.4 is 5.32 Å². The molecule has 1 aromatic carbocycles. The third-order valence-electron chi connectivity index (χ3n) is 5.24. The first-order valence-corrected chi connectivity index (χ1v) is 9.33. The van der Waals surface area contributed by atoms with Crippen LogP contribution >= 0.6 is 0 Å². The fourth-order valence-corrected chi connectivity index (χ4v) is 3.52. The minimum Gasteiger partial charge on any atom is -0.339 e. The first-order chi connectivity index (χ1) is 12.6. The lowest BCUT2D eigenvalue weighted by molar-refractivity contribution is -0.116. The van der Waals surface area contributed by atoms with Crippen molar-refractivity contribution in [2.45, 2.75) is 45.1 Å². The van der Waals surface area contributed by atoms with E-state index in [0.29, 0.717) is 17.2 Å². The van der Waals surface area contributed by atoms with Crippen LogP contribution in [0.3, 0.4) is 0 Å². The van der Waals surface area contributed by atoms with Crippen molar-refractivity contribution in [1.29, 1.82) is 0 Å². The van der Waals surface area contributed by atoms with Crippen molar-refractivity contribution in [2.75, 3.05) is 18.4 Å². The van der Waals surface area contributed by atoms with E-state index in [4.69, 9.17) is 0 Å². The van der Waals surface area contributed by atoms with Gasteiger partial charge in [-0.3, -0.25) is 14.3 Å². The van der Waals surface area contributed by atoms with Crippen LogP contribution in [0.25, 0.3) is 0 Å². The predicted octanol–water partition coefficient (Wildman–Crippen LogP) is 2.94. The standard InChI is InChI=1S/C20H24N4O2/c1-14-17(20(26)23-9-2-3-10-23)5-4-6-18(14)22-19(25)13-24-12-16(11-21-24)15-7-8-15/h4-6,11-12,15H,2-3,7-10,13H2,1H3,(H,22,25). The van der Waals surface area contributed by atoms with Gasteiger partial charge in [0.25, 0.3) is 5.91 Å². The van der Waals surface area contributed by atoms with Crippen molar-refractivity contribution in [1.82, 2.24) is 14.7 Å². The fraction of sp³-hybridized carbons (Fsp3) is 0.450. The van der Waals surface area contributed by atoms with Gasteiger partial charge in [0.15, 0.2) is 0 Å². The number of hydrogen-bond donors (Lipinski definition) is 1. The summed E-state index contributed by atoms with van der Waals surface area (Å²) >= 11 is 0. The van der Waals surface area contributed by atoms with E-state index in [-0.39, 0.29) is 18.4 Å². The van der Waals surface area contributed by atoms with E-state index in [9.17, 15) is 9.59 Å². The van der Waals surface area contributed by atoms with E-state index in [1.165, 1.54) is 18.4 Å². The average molecular weight is 352 g/mol. The van der Waals surface area contributed by atoms with Crippen LogP contribution in [0.1, 0.15) is 53.1 Å². The number of rotatable bonds is 5. The molecular formula is C20H24N4O2. The molecule has 0 spiro atoms. The third kappa shape index (κ3) is 3.49. The van der Waals surface area contributed by atoms with Gasteiger partial charge in [-0.2, -0.15) is 5.10 Å². The molecule has 2 aromatic rings. The highest BCUT2D eigenvalue weighted by molar-refractivity contribution is 5.99. The van der Waals surface area contributed by atoms with Gasteiger partial charge in [-0.25, -0.2) is 0 Å². The van der Waals surface area contributed by atoms with Crippen LogP contribution in [0.15, 0.2) is 30.6 Å². The summed E-state index contributed by atoms with van der Waals surface area (Å²) in [5, 5.41) is 7.20. The Labute approximate surface area is 153 Å². The Kier molecular flexibility index (Phi) is 4.49. The summed E-state index contributed by atoms with van der Waals surface area (Å²) in [7, 11) is 0. The molecule has 2 heterocycles. The highest BCUT2D eigenvalue weighted by atomic mass is 16.2. The minimum absolute atomic E-state index is 0.0530. The van der Waals surface area contributed by atoms with Crippen LogP contribution in [0.2, 0.25) is 0 Å². The highest BCUT2D eigenvalue weighted by Gasteiger charge is 2.25. The first kappa shape index (κ1) is 16.8. The van der Waals surface area contributed by atoms with Crippen molar-refractivity contribution in [3.63, 3.8) is 0 Å². The molecule has 0 unspecified atom stereocenters. The summed E-state index contributed by atoms with van der Waals surface area (Å²) in [6.07, 6.45) is 8.37. The van der Waals surface area contributed by atoms with Crippen LogP contribution in [-0.2, 0) is 11.3 Å². The Morgan fingerprint density at radius 2 is 2.00 bits per heavy atom. The van der Waals surface area contributed by atoms with E-state index in [1.807, 2.05) is 42.4 Å².